The van der Waals surface area contributed by atoms with E-state index < -0.39 is 0 Å². The topological polar surface area (TPSA) is 48.8 Å². The molecule has 0 amide bonds. The second-order valence-corrected chi connectivity index (χ2v) is 4.51. The summed E-state index contributed by atoms with van der Waals surface area (Å²) in [6.45, 7) is 1.85. The van der Waals surface area contributed by atoms with Gasteiger partial charge in [-0.15, -0.1) is 0 Å². The molecule has 1 heterocycles. The van der Waals surface area contributed by atoms with Gasteiger partial charge < -0.3 is 10.7 Å². The Kier molecular flexibility index (Phi) is 4.12. The average molecular weight is 278 g/mol. The van der Waals surface area contributed by atoms with Crippen LogP contribution in [-0.4, -0.2) is 11.2 Å². The van der Waals surface area contributed by atoms with Gasteiger partial charge >= 0.3 is 0 Å². The standard InChI is InChI=1S/C14H13ClFN3/c1-9(11-4-2-3-5-12(11)16)19-13-6-14(15)18-8-10(13)7-17/h2-9,17H,1H3,(H,18,19). The molecule has 19 heavy (non-hydrogen) atoms. The summed E-state index contributed by atoms with van der Waals surface area (Å²) >= 11 is 5.83. The van der Waals surface area contributed by atoms with Gasteiger partial charge in [-0.3, -0.25) is 0 Å². The lowest BCUT2D eigenvalue weighted by atomic mass is 10.1. The zero-order chi connectivity index (χ0) is 13.8. The Labute approximate surface area is 116 Å². The van der Waals surface area contributed by atoms with E-state index in [1.807, 2.05) is 6.92 Å². The Hall–Kier alpha value is -1.94. The van der Waals surface area contributed by atoms with Crippen LogP contribution in [0.4, 0.5) is 10.1 Å². The van der Waals surface area contributed by atoms with Crippen molar-refractivity contribution in [2.24, 2.45) is 0 Å². The van der Waals surface area contributed by atoms with Gasteiger partial charge in [-0.1, -0.05) is 29.8 Å². The first kappa shape index (κ1) is 13.5. The molecule has 0 spiro atoms. The van der Waals surface area contributed by atoms with Crippen LogP contribution in [0.1, 0.15) is 24.1 Å². The molecule has 1 atom stereocenters. The van der Waals surface area contributed by atoms with Crippen LogP contribution in [0.3, 0.4) is 0 Å². The van der Waals surface area contributed by atoms with Gasteiger partial charge in [0, 0.05) is 29.2 Å². The van der Waals surface area contributed by atoms with E-state index >= 15 is 0 Å². The van der Waals surface area contributed by atoms with Gasteiger partial charge in [-0.2, -0.15) is 0 Å². The van der Waals surface area contributed by atoms with Crippen molar-refractivity contribution in [2.75, 3.05) is 5.32 Å². The smallest absolute Gasteiger partial charge is 0.131 e. The maximum atomic E-state index is 13.7. The van der Waals surface area contributed by atoms with Crippen molar-refractivity contribution in [3.8, 4) is 0 Å². The molecular formula is C14H13ClFN3. The fraction of sp³-hybridized carbons (Fsp3) is 0.143. The largest absolute Gasteiger partial charge is 0.378 e. The highest BCUT2D eigenvalue weighted by Crippen LogP contribution is 2.24. The molecule has 1 unspecified atom stereocenters. The van der Waals surface area contributed by atoms with E-state index in [0.29, 0.717) is 22.0 Å². The van der Waals surface area contributed by atoms with Gasteiger partial charge in [0.2, 0.25) is 0 Å². The minimum absolute atomic E-state index is 0.238. The van der Waals surface area contributed by atoms with Crippen molar-refractivity contribution in [1.29, 1.82) is 5.41 Å². The van der Waals surface area contributed by atoms with Crippen molar-refractivity contribution in [3.05, 3.63) is 58.6 Å². The fourth-order valence-electron chi connectivity index (χ4n) is 1.82. The second kappa shape index (κ2) is 5.80. The summed E-state index contributed by atoms with van der Waals surface area (Å²) in [6.07, 6.45) is 2.69. The van der Waals surface area contributed by atoms with Crippen LogP contribution in [0.5, 0.6) is 0 Å². The van der Waals surface area contributed by atoms with E-state index in [0.717, 1.165) is 0 Å². The first-order chi connectivity index (χ1) is 9.11. The highest BCUT2D eigenvalue weighted by Gasteiger charge is 2.12. The predicted octanol–water partition coefficient (Wildman–Crippen LogP) is 4.04. The zero-order valence-corrected chi connectivity index (χ0v) is 11.1. The van der Waals surface area contributed by atoms with Crippen LogP contribution >= 0.6 is 11.6 Å². The van der Waals surface area contributed by atoms with Crippen molar-refractivity contribution >= 4 is 23.5 Å². The molecule has 3 nitrogen and oxygen atoms in total. The Bertz CT molecular complexity index is 601. The summed E-state index contributed by atoms with van der Waals surface area (Å²) in [7, 11) is 0. The number of pyridine rings is 1. The summed E-state index contributed by atoms with van der Waals surface area (Å²) in [4.78, 5) is 3.91. The monoisotopic (exact) mass is 277 g/mol. The van der Waals surface area contributed by atoms with Gasteiger partial charge in [0.25, 0.3) is 0 Å². The quantitative estimate of drug-likeness (QED) is 0.654. The lowest BCUT2D eigenvalue weighted by Crippen LogP contribution is -2.10. The molecule has 0 bridgehead atoms. The lowest BCUT2D eigenvalue weighted by Gasteiger charge is -2.17. The van der Waals surface area contributed by atoms with E-state index in [9.17, 15) is 4.39 Å². The van der Waals surface area contributed by atoms with Gasteiger partial charge in [0.05, 0.1) is 6.04 Å². The van der Waals surface area contributed by atoms with Crippen LogP contribution < -0.4 is 5.32 Å². The summed E-state index contributed by atoms with van der Waals surface area (Å²) in [5.41, 5.74) is 1.82. The van der Waals surface area contributed by atoms with Crippen molar-refractivity contribution in [1.82, 2.24) is 4.98 Å². The third kappa shape index (κ3) is 3.09. The molecule has 0 radical (unpaired) electrons. The molecule has 1 aromatic carbocycles. The van der Waals surface area contributed by atoms with Crippen LogP contribution in [0, 0.1) is 11.2 Å². The summed E-state index contributed by atoms with van der Waals surface area (Å²) in [5.74, 6) is -0.265. The Balaban J connectivity index is 2.28. The highest BCUT2D eigenvalue weighted by molar-refractivity contribution is 6.29. The molecule has 1 aromatic heterocycles. The van der Waals surface area contributed by atoms with E-state index in [1.165, 1.54) is 18.5 Å². The first-order valence-corrected chi connectivity index (χ1v) is 6.16. The number of hydrogen-bond donors (Lipinski definition) is 2. The molecule has 0 fully saturated rings. The molecule has 0 aliphatic rings. The molecule has 98 valence electrons. The van der Waals surface area contributed by atoms with E-state index in [1.54, 1.807) is 24.3 Å². The molecule has 0 saturated heterocycles. The number of nitrogens with zero attached hydrogens (tertiary/aromatic N) is 1. The van der Waals surface area contributed by atoms with Crippen LogP contribution in [-0.2, 0) is 0 Å². The van der Waals surface area contributed by atoms with E-state index in [2.05, 4.69) is 10.3 Å². The number of halogens is 2. The van der Waals surface area contributed by atoms with Gasteiger partial charge in [-0.25, -0.2) is 9.37 Å². The third-order valence-corrected chi connectivity index (χ3v) is 3.01. The molecule has 2 rings (SSSR count). The fourth-order valence-corrected chi connectivity index (χ4v) is 1.98. The number of aromatic nitrogens is 1. The van der Waals surface area contributed by atoms with Crippen molar-refractivity contribution < 1.29 is 4.39 Å². The summed E-state index contributed by atoms with van der Waals surface area (Å²) in [5, 5.41) is 10.8. The minimum Gasteiger partial charge on any atom is -0.378 e. The minimum atomic E-state index is -0.265. The number of nitrogens with one attached hydrogen (secondary N) is 2. The maximum Gasteiger partial charge on any atom is 0.131 e. The predicted molar refractivity (Wildman–Crippen MR) is 75.6 cm³/mol. The maximum absolute atomic E-state index is 13.7. The van der Waals surface area contributed by atoms with Crippen LogP contribution in [0.2, 0.25) is 5.15 Å². The zero-order valence-electron chi connectivity index (χ0n) is 10.3. The number of hydrogen-bond acceptors (Lipinski definition) is 3. The van der Waals surface area contributed by atoms with Crippen molar-refractivity contribution in [3.63, 3.8) is 0 Å². The van der Waals surface area contributed by atoms with E-state index in [4.69, 9.17) is 17.0 Å². The molecule has 0 saturated carbocycles. The average Bonchev–Trinajstić information content (AvgIpc) is 2.39. The molecular weight excluding hydrogens is 265 g/mol. The Morgan fingerprint density at radius 1 is 1.42 bits per heavy atom. The van der Waals surface area contributed by atoms with Gasteiger partial charge in [0.15, 0.2) is 0 Å². The molecule has 2 aromatic rings. The number of rotatable bonds is 4. The number of anilines is 1. The molecule has 0 aliphatic carbocycles. The van der Waals surface area contributed by atoms with Gasteiger partial charge in [-0.05, 0) is 19.1 Å². The molecule has 2 N–H and O–H groups in total. The SMILES string of the molecule is CC(Nc1cc(Cl)ncc1C=N)c1ccccc1F. The molecule has 5 heteroatoms. The molecule has 0 aliphatic heterocycles. The van der Waals surface area contributed by atoms with Crippen LogP contribution in [0.25, 0.3) is 0 Å². The van der Waals surface area contributed by atoms with Crippen LogP contribution in [0.15, 0.2) is 36.5 Å². The normalized spacial score (nSPS) is 11.9. The summed E-state index contributed by atoms with van der Waals surface area (Å²) < 4.78 is 13.7. The summed E-state index contributed by atoms with van der Waals surface area (Å²) in [6, 6.07) is 7.97. The van der Waals surface area contributed by atoms with Crippen molar-refractivity contribution in [2.45, 2.75) is 13.0 Å². The highest BCUT2D eigenvalue weighted by atomic mass is 35.5. The second-order valence-electron chi connectivity index (χ2n) is 4.13. The van der Waals surface area contributed by atoms with Gasteiger partial charge in [0.1, 0.15) is 11.0 Å². The first-order valence-electron chi connectivity index (χ1n) is 5.79. The van der Waals surface area contributed by atoms with E-state index in [-0.39, 0.29) is 11.9 Å². The Morgan fingerprint density at radius 3 is 2.84 bits per heavy atom. The Morgan fingerprint density at radius 2 is 2.16 bits per heavy atom. The number of benzene rings is 1. The third-order valence-electron chi connectivity index (χ3n) is 2.80. The lowest BCUT2D eigenvalue weighted by molar-refractivity contribution is 0.600.